The smallest absolute Gasteiger partial charge is 0.229 e. The molecule has 5 nitrogen and oxygen atoms in total. The molecule has 0 unspecified atom stereocenters. The summed E-state index contributed by atoms with van der Waals surface area (Å²) < 4.78 is 5.71. The summed E-state index contributed by atoms with van der Waals surface area (Å²) in [5.41, 5.74) is 6.24. The van der Waals surface area contributed by atoms with Crippen LogP contribution in [0.1, 0.15) is 24.8 Å². The SMILES string of the molecule is NC(=O)CC1CCN(C(=O)[C@H]2COc3ccc(Cl)cc3C2)CC1. The first-order valence-electron chi connectivity index (χ1n) is 8.01. The van der Waals surface area contributed by atoms with Crippen molar-refractivity contribution in [2.24, 2.45) is 17.6 Å². The van der Waals surface area contributed by atoms with Gasteiger partial charge < -0.3 is 15.4 Å². The molecule has 23 heavy (non-hydrogen) atoms. The Labute approximate surface area is 140 Å². The highest BCUT2D eigenvalue weighted by Gasteiger charge is 2.32. The van der Waals surface area contributed by atoms with E-state index in [-0.39, 0.29) is 17.7 Å². The Bertz CT molecular complexity index is 612. The number of likely N-dealkylation sites (tertiary alicyclic amines) is 1. The Kier molecular flexibility index (Phi) is 4.76. The fourth-order valence-electron chi connectivity index (χ4n) is 3.42. The van der Waals surface area contributed by atoms with Crippen LogP contribution in [-0.4, -0.2) is 36.4 Å². The molecule has 124 valence electrons. The average molecular weight is 337 g/mol. The molecular formula is C17H21ClN2O3. The van der Waals surface area contributed by atoms with Gasteiger partial charge in [0.1, 0.15) is 12.4 Å². The highest BCUT2D eigenvalue weighted by atomic mass is 35.5. The molecule has 0 saturated carbocycles. The van der Waals surface area contributed by atoms with Crippen LogP contribution in [0.3, 0.4) is 0 Å². The number of amides is 2. The summed E-state index contributed by atoms with van der Waals surface area (Å²) in [7, 11) is 0. The van der Waals surface area contributed by atoms with Gasteiger partial charge in [0, 0.05) is 24.5 Å². The predicted molar refractivity (Wildman–Crippen MR) is 87.3 cm³/mol. The highest BCUT2D eigenvalue weighted by molar-refractivity contribution is 6.30. The van der Waals surface area contributed by atoms with Crippen LogP contribution in [0.15, 0.2) is 18.2 Å². The quantitative estimate of drug-likeness (QED) is 0.917. The molecular weight excluding hydrogens is 316 g/mol. The summed E-state index contributed by atoms with van der Waals surface area (Å²) in [5, 5.41) is 0.660. The first-order chi connectivity index (χ1) is 11.0. The predicted octanol–water partition coefficient (Wildman–Crippen LogP) is 2.01. The number of nitrogens with two attached hydrogens (primary N) is 1. The minimum Gasteiger partial charge on any atom is -0.492 e. The second kappa shape index (κ2) is 6.79. The Morgan fingerprint density at radius 1 is 1.30 bits per heavy atom. The number of halogens is 1. The maximum Gasteiger partial charge on any atom is 0.229 e. The number of piperidine rings is 1. The number of carbonyl (C=O) groups excluding carboxylic acids is 2. The van der Waals surface area contributed by atoms with Gasteiger partial charge in [-0.15, -0.1) is 0 Å². The van der Waals surface area contributed by atoms with Crippen LogP contribution in [-0.2, 0) is 16.0 Å². The van der Waals surface area contributed by atoms with Gasteiger partial charge in [-0.1, -0.05) is 11.6 Å². The maximum atomic E-state index is 12.7. The minimum absolute atomic E-state index is 0.133. The third-order valence-corrected chi connectivity index (χ3v) is 4.93. The van der Waals surface area contributed by atoms with E-state index in [2.05, 4.69) is 0 Å². The molecule has 6 heteroatoms. The van der Waals surface area contributed by atoms with Crippen molar-refractivity contribution in [2.75, 3.05) is 19.7 Å². The van der Waals surface area contributed by atoms with Crippen molar-refractivity contribution in [1.82, 2.24) is 4.90 Å². The Balaban J connectivity index is 1.58. The lowest BCUT2D eigenvalue weighted by molar-refractivity contribution is -0.138. The molecule has 3 rings (SSSR count). The van der Waals surface area contributed by atoms with Crippen molar-refractivity contribution in [2.45, 2.75) is 25.7 Å². The van der Waals surface area contributed by atoms with Gasteiger partial charge in [0.15, 0.2) is 0 Å². The van der Waals surface area contributed by atoms with Crippen LogP contribution in [0.25, 0.3) is 0 Å². The van der Waals surface area contributed by atoms with E-state index in [0.29, 0.717) is 43.5 Å². The molecule has 1 aromatic rings. The number of primary amides is 1. The number of nitrogens with zero attached hydrogens (tertiary/aromatic N) is 1. The normalized spacial score (nSPS) is 21.4. The highest BCUT2D eigenvalue weighted by Crippen LogP contribution is 2.31. The Morgan fingerprint density at radius 3 is 2.74 bits per heavy atom. The van der Waals surface area contributed by atoms with Crippen LogP contribution in [0, 0.1) is 11.8 Å². The molecule has 0 aromatic heterocycles. The molecule has 0 radical (unpaired) electrons. The second-order valence-electron chi connectivity index (χ2n) is 6.40. The van der Waals surface area contributed by atoms with Crippen molar-refractivity contribution in [1.29, 1.82) is 0 Å². The van der Waals surface area contributed by atoms with Gasteiger partial charge in [0.2, 0.25) is 11.8 Å². The Hall–Kier alpha value is -1.75. The number of fused-ring (bicyclic) bond motifs is 1. The number of ether oxygens (including phenoxy) is 1. The third kappa shape index (κ3) is 3.78. The summed E-state index contributed by atoms with van der Waals surface area (Å²) in [6.07, 6.45) is 2.76. The lowest BCUT2D eigenvalue weighted by atomic mass is 9.91. The molecule has 0 bridgehead atoms. The van der Waals surface area contributed by atoms with Gasteiger partial charge in [0.25, 0.3) is 0 Å². The van der Waals surface area contributed by atoms with Crippen molar-refractivity contribution in [3.63, 3.8) is 0 Å². The lowest BCUT2D eigenvalue weighted by Crippen LogP contribution is -2.45. The molecule has 2 aliphatic heterocycles. The minimum atomic E-state index is -0.260. The topological polar surface area (TPSA) is 72.6 Å². The van der Waals surface area contributed by atoms with Gasteiger partial charge in [-0.25, -0.2) is 0 Å². The maximum absolute atomic E-state index is 12.7. The molecule has 2 N–H and O–H groups in total. The summed E-state index contributed by atoms with van der Waals surface area (Å²) in [6.45, 7) is 1.79. The standard InChI is InChI=1S/C17H21ClN2O3/c18-14-1-2-15-12(9-14)8-13(10-23-15)17(22)20-5-3-11(4-6-20)7-16(19)21/h1-2,9,11,13H,3-8,10H2,(H2,19,21)/t13-/m1/s1. The molecule has 0 spiro atoms. The molecule has 1 aromatic carbocycles. The van der Waals surface area contributed by atoms with Crippen LogP contribution in [0.4, 0.5) is 0 Å². The van der Waals surface area contributed by atoms with Gasteiger partial charge >= 0.3 is 0 Å². The zero-order valence-electron chi connectivity index (χ0n) is 13.0. The van der Waals surface area contributed by atoms with E-state index in [0.717, 1.165) is 24.2 Å². The molecule has 2 amide bonds. The summed E-state index contributed by atoms with van der Waals surface area (Å²) >= 11 is 6.02. The van der Waals surface area contributed by atoms with E-state index in [1.807, 2.05) is 17.0 Å². The van der Waals surface area contributed by atoms with E-state index in [9.17, 15) is 9.59 Å². The molecule has 0 aliphatic carbocycles. The zero-order valence-corrected chi connectivity index (χ0v) is 13.7. The molecule has 1 saturated heterocycles. The second-order valence-corrected chi connectivity index (χ2v) is 6.84. The molecule has 2 aliphatic rings. The van der Waals surface area contributed by atoms with E-state index >= 15 is 0 Å². The number of benzene rings is 1. The van der Waals surface area contributed by atoms with Crippen molar-refractivity contribution < 1.29 is 14.3 Å². The molecule has 1 fully saturated rings. The first-order valence-corrected chi connectivity index (χ1v) is 8.39. The van der Waals surface area contributed by atoms with E-state index in [1.165, 1.54) is 0 Å². The van der Waals surface area contributed by atoms with E-state index < -0.39 is 0 Å². The fraction of sp³-hybridized carbons (Fsp3) is 0.529. The first kappa shape index (κ1) is 16.1. The summed E-state index contributed by atoms with van der Waals surface area (Å²) in [6, 6.07) is 5.52. The van der Waals surface area contributed by atoms with Crippen molar-refractivity contribution in [3.8, 4) is 5.75 Å². The van der Waals surface area contributed by atoms with Gasteiger partial charge in [-0.2, -0.15) is 0 Å². The van der Waals surface area contributed by atoms with Crippen LogP contribution >= 0.6 is 11.6 Å². The van der Waals surface area contributed by atoms with Crippen LogP contribution in [0.5, 0.6) is 5.75 Å². The zero-order chi connectivity index (χ0) is 16.4. The molecule has 2 heterocycles. The summed E-state index contributed by atoms with van der Waals surface area (Å²) in [5.74, 6) is 0.836. The van der Waals surface area contributed by atoms with Gasteiger partial charge in [-0.05, 0) is 48.9 Å². The largest absolute Gasteiger partial charge is 0.492 e. The van der Waals surface area contributed by atoms with E-state index in [4.69, 9.17) is 22.1 Å². The number of rotatable bonds is 3. The number of carbonyl (C=O) groups is 2. The molecule has 1 atom stereocenters. The lowest BCUT2D eigenvalue weighted by Gasteiger charge is -2.35. The van der Waals surface area contributed by atoms with E-state index in [1.54, 1.807) is 6.07 Å². The van der Waals surface area contributed by atoms with Crippen LogP contribution in [0.2, 0.25) is 5.02 Å². The third-order valence-electron chi connectivity index (χ3n) is 4.69. The van der Waals surface area contributed by atoms with Gasteiger partial charge in [-0.3, -0.25) is 9.59 Å². The van der Waals surface area contributed by atoms with Crippen molar-refractivity contribution >= 4 is 23.4 Å². The fourth-order valence-corrected chi connectivity index (χ4v) is 3.62. The van der Waals surface area contributed by atoms with Crippen LogP contribution < -0.4 is 10.5 Å². The van der Waals surface area contributed by atoms with Crippen molar-refractivity contribution in [3.05, 3.63) is 28.8 Å². The number of hydrogen-bond donors (Lipinski definition) is 1. The van der Waals surface area contributed by atoms with Gasteiger partial charge in [0.05, 0.1) is 5.92 Å². The monoisotopic (exact) mass is 336 g/mol. The number of hydrogen-bond acceptors (Lipinski definition) is 3. The average Bonchev–Trinajstić information content (AvgIpc) is 2.53. The summed E-state index contributed by atoms with van der Waals surface area (Å²) in [4.78, 5) is 25.6. The Morgan fingerprint density at radius 2 is 2.04 bits per heavy atom.